The van der Waals surface area contributed by atoms with Crippen LogP contribution in [0.4, 0.5) is 0 Å². The molecular weight excluding hydrogens is 334 g/mol. The molecule has 0 spiro atoms. The van der Waals surface area contributed by atoms with Gasteiger partial charge in [-0.2, -0.15) is 0 Å². The Morgan fingerprint density at radius 3 is 2.42 bits per heavy atom. The average molecular weight is 359 g/mol. The average Bonchev–Trinajstić information content (AvgIpc) is 2.56. The molecule has 9 heteroatoms. The van der Waals surface area contributed by atoms with E-state index in [1.54, 1.807) is 0 Å². The zero-order chi connectivity index (χ0) is 18.2. The maximum absolute atomic E-state index is 12.2. The normalized spacial score (nSPS) is 11.4. The highest BCUT2D eigenvalue weighted by atomic mass is 32.2. The van der Waals surface area contributed by atoms with Gasteiger partial charge >= 0.3 is 0 Å². The van der Waals surface area contributed by atoms with Crippen molar-refractivity contribution in [2.24, 2.45) is 0 Å². The molecule has 8 nitrogen and oxygen atoms in total. The number of methoxy groups -OCH3 is 2. The SMILES string of the molecule is COc1ccc(S(=O)(=O)NCC(=O)NCCCN(C)C)cc1OC. The van der Waals surface area contributed by atoms with E-state index in [4.69, 9.17) is 9.47 Å². The van der Waals surface area contributed by atoms with Crippen molar-refractivity contribution in [1.29, 1.82) is 0 Å². The lowest BCUT2D eigenvalue weighted by Crippen LogP contribution is -2.37. The third-order valence-electron chi connectivity index (χ3n) is 3.19. The second kappa shape index (κ2) is 9.45. The number of nitrogens with zero attached hydrogens (tertiary/aromatic N) is 1. The summed E-state index contributed by atoms with van der Waals surface area (Å²) in [6.45, 7) is 1.02. The predicted molar refractivity (Wildman–Crippen MR) is 90.9 cm³/mol. The number of amides is 1. The van der Waals surface area contributed by atoms with Gasteiger partial charge in [0.1, 0.15) is 0 Å². The first kappa shape index (κ1) is 20.2. The number of rotatable bonds is 10. The summed E-state index contributed by atoms with van der Waals surface area (Å²) < 4.78 is 36.9. The fraction of sp³-hybridized carbons (Fsp3) is 0.533. The van der Waals surface area contributed by atoms with Gasteiger partial charge in [0.2, 0.25) is 15.9 Å². The van der Waals surface area contributed by atoms with E-state index in [2.05, 4.69) is 10.0 Å². The molecule has 24 heavy (non-hydrogen) atoms. The van der Waals surface area contributed by atoms with Crippen LogP contribution < -0.4 is 19.5 Å². The molecule has 1 aromatic carbocycles. The van der Waals surface area contributed by atoms with E-state index >= 15 is 0 Å². The molecule has 0 saturated heterocycles. The summed E-state index contributed by atoms with van der Waals surface area (Å²) in [6, 6.07) is 4.23. The lowest BCUT2D eigenvalue weighted by molar-refractivity contribution is -0.119. The van der Waals surface area contributed by atoms with Crippen molar-refractivity contribution in [2.45, 2.75) is 11.3 Å². The van der Waals surface area contributed by atoms with Gasteiger partial charge in [0.25, 0.3) is 0 Å². The first-order valence-corrected chi connectivity index (χ1v) is 8.91. The van der Waals surface area contributed by atoms with Crippen LogP contribution in [0.15, 0.2) is 23.1 Å². The Kier molecular flexibility index (Phi) is 7.96. The van der Waals surface area contributed by atoms with Crippen molar-refractivity contribution in [2.75, 3.05) is 47.9 Å². The van der Waals surface area contributed by atoms with Gasteiger partial charge in [-0.15, -0.1) is 0 Å². The molecule has 0 saturated carbocycles. The molecule has 0 heterocycles. The Morgan fingerprint density at radius 1 is 1.17 bits per heavy atom. The molecule has 1 amide bonds. The Bertz CT molecular complexity index is 647. The highest BCUT2D eigenvalue weighted by molar-refractivity contribution is 7.89. The van der Waals surface area contributed by atoms with Crippen molar-refractivity contribution < 1.29 is 22.7 Å². The maximum atomic E-state index is 12.2. The van der Waals surface area contributed by atoms with E-state index in [1.165, 1.54) is 32.4 Å². The van der Waals surface area contributed by atoms with Gasteiger partial charge in [0.15, 0.2) is 11.5 Å². The van der Waals surface area contributed by atoms with Gasteiger partial charge < -0.3 is 19.7 Å². The molecule has 1 aromatic rings. The largest absolute Gasteiger partial charge is 0.493 e. The summed E-state index contributed by atoms with van der Waals surface area (Å²) in [4.78, 5) is 13.7. The Hall–Kier alpha value is -1.84. The zero-order valence-corrected chi connectivity index (χ0v) is 15.3. The molecule has 0 bridgehead atoms. The second-order valence-corrected chi connectivity index (χ2v) is 7.12. The highest BCUT2D eigenvalue weighted by Crippen LogP contribution is 2.29. The summed E-state index contributed by atoms with van der Waals surface area (Å²) in [5.41, 5.74) is 0. The van der Waals surface area contributed by atoms with E-state index in [9.17, 15) is 13.2 Å². The van der Waals surface area contributed by atoms with E-state index in [0.29, 0.717) is 18.0 Å². The van der Waals surface area contributed by atoms with Gasteiger partial charge in [-0.1, -0.05) is 0 Å². The summed E-state index contributed by atoms with van der Waals surface area (Å²) in [7, 11) is 2.96. The molecule has 136 valence electrons. The molecule has 0 radical (unpaired) electrons. The molecule has 0 aliphatic heterocycles. The predicted octanol–water partition coefficient (Wildman–Crippen LogP) is 0.0500. The third-order valence-corrected chi connectivity index (χ3v) is 4.59. The molecule has 2 N–H and O–H groups in total. The van der Waals surface area contributed by atoms with Crippen LogP contribution in [0.1, 0.15) is 6.42 Å². The van der Waals surface area contributed by atoms with Crippen LogP contribution in [0.3, 0.4) is 0 Å². The second-order valence-electron chi connectivity index (χ2n) is 5.35. The van der Waals surface area contributed by atoms with Crippen LogP contribution in [0.2, 0.25) is 0 Å². The van der Waals surface area contributed by atoms with Crippen molar-refractivity contribution in [3.8, 4) is 11.5 Å². The van der Waals surface area contributed by atoms with Crippen LogP contribution >= 0.6 is 0 Å². The summed E-state index contributed by atoms with van der Waals surface area (Å²) in [5, 5.41) is 2.67. The number of carbonyl (C=O) groups is 1. The minimum absolute atomic E-state index is 0.000516. The number of hydrogen-bond donors (Lipinski definition) is 2. The fourth-order valence-electron chi connectivity index (χ4n) is 1.91. The Balaban J connectivity index is 2.59. The number of carbonyl (C=O) groups excluding carboxylic acids is 1. The van der Waals surface area contributed by atoms with Crippen LogP contribution in [-0.4, -0.2) is 67.2 Å². The highest BCUT2D eigenvalue weighted by Gasteiger charge is 2.18. The first-order valence-electron chi connectivity index (χ1n) is 7.43. The van der Waals surface area contributed by atoms with Gasteiger partial charge in [-0.25, -0.2) is 13.1 Å². The molecule has 0 unspecified atom stereocenters. The molecule has 1 rings (SSSR count). The zero-order valence-electron chi connectivity index (χ0n) is 14.5. The van der Waals surface area contributed by atoms with Crippen LogP contribution in [-0.2, 0) is 14.8 Å². The Morgan fingerprint density at radius 2 is 1.83 bits per heavy atom. The molecule has 0 atom stereocenters. The number of benzene rings is 1. The lowest BCUT2D eigenvalue weighted by atomic mass is 10.3. The summed E-state index contributed by atoms with van der Waals surface area (Å²) in [5.74, 6) is 0.349. The number of nitrogens with one attached hydrogen (secondary N) is 2. The van der Waals surface area contributed by atoms with Crippen molar-refractivity contribution in [3.63, 3.8) is 0 Å². The summed E-state index contributed by atoms with van der Waals surface area (Å²) in [6.07, 6.45) is 0.793. The summed E-state index contributed by atoms with van der Waals surface area (Å²) >= 11 is 0. The number of sulfonamides is 1. The quantitative estimate of drug-likeness (QED) is 0.573. The van der Waals surface area contributed by atoms with Crippen molar-refractivity contribution in [1.82, 2.24) is 14.9 Å². The Labute approximate surface area is 143 Å². The molecule has 0 aliphatic carbocycles. The topological polar surface area (TPSA) is 97.0 Å². The van der Waals surface area contributed by atoms with E-state index in [-0.39, 0.29) is 17.3 Å². The van der Waals surface area contributed by atoms with Crippen LogP contribution in [0.5, 0.6) is 11.5 Å². The van der Waals surface area contributed by atoms with E-state index < -0.39 is 10.0 Å². The fourth-order valence-corrected chi connectivity index (χ4v) is 2.91. The molecule has 0 fully saturated rings. The minimum Gasteiger partial charge on any atom is -0.493 e. The monoisotopic (exact) mass is 359 g/mol. The number of hydrogen-bond acceptors (Lipinski definition) is 6. The van der Waals surface area contributed by atoms with Gasteiger partial charge in [-0.05, 0) is 39.2 Å². The van der Waals surface area contributed by atoms with Gasteiger partial charge in [0, 0.05) is 12.6 Å². The molecule has 0 aliphatic rings. The lowest BCUT2D eigenvalue weighted by Gasteiger charge is -2.12. The van der Waals surface area contributed by atoms with Crippen LogP contribution in [0.25, 0.3) is 0 Å². The van der Waals surface area contributed by atoms with E-state index in [1.807, 2.05) is 19.0 Å². The van der Waals surface area contributed by atoms with Gasteiger partial charge in [0.05, 0.1) is 25.7 Å². The van der Waals surface area contributed by atoms with Crippen molar-refractivity contribution in [3.05, 3.63) is 18.2 Å². The van der Waals surface area contributed by atoms with E-state index in [0.717, 1.165) is 13.0 Å². The first-order chi connectivity index (χ1) is 11.3. The molecule has 0 aromatic heterocycles. The van der Waals surface area contributed by atoms with Crippen molar-refractivity contribution >= 4 is 15.9 Å². The maximum Gasteiger partial charge on any atom is 0.241 e. The minimum atomic E-state index is -3.81. The molecular formula is C15H25N3O5S. The smallest absolute Gasteiger partial charge is 0.241 e. The van der Waals surface area contributed by atoms with Gasteiger partial charge in [-0.3, -0.25) is 4.79 Å². The number of ether oxygens (including phenoxy) is 2. The van der Waals surface area contributed by atoms with Crippen LogP contribution in [0, 0.1) is 0 Å². The third kappa shape index (κ3) is 6.34. The standard InChI is InChI=1S/C15H25N3O5S/c1-18(2)9-5-8-16-15(19)11-17-24(20,21)12-6-7-13(22-3)14(10-12)23-4/h6-7,10,17H,5,8-9,11H2,1-4H3,(H,16,19).